The lowest BCUT2D eigenvalue weighted by Crippen LogP contribution is -2.44. The predicted octanol–water partition coefficient (Wildman–Crippen LogP) is 4.12. The summed E-state index contributed by atoms with van der Waals surface area (Å²) in [6.07, 6.45) is 0.156. The highest BCUT2D eigenvalue weighted by Crippen LogP contribution is 2.48. The van der Waals surface area contributed by atoms with E-state index in [0.717, 1.165) is 5.75 Å². The average Bonchev–Trinajstić information content (AvgIpc) is 2.46. The Morgan fingerprint density at radius 1 is 1.00 bits per heavy atom. The fourth-order valence-electron chi connectivity index (χ4n) is 3.24. The Morgan fingerprint density at radius 3 is 2.35 bits per heavy atom. The molecule has 0 aliphatic carbocycles. The van der Waals surface area contributed by atoms with Gasteiger partial charge in [0, 0.05) is 16.9 Å². The minimum atomic E-state index is -0.109. The van der Waals surface area contributed by atoms with Gasteiger partial charge < -0.3 is 9.84 Å². The van der Waals surface area contributed by atoms with E-state index in [1.807, 2.05) is 24.3 Å². The smallest absolute Gasteiger partial charge is 0.123 e. The summed E-state index contributed by atoms with van der Waals surface area (Å²) in [5, 5.41) is 9.53. The van der Waals surface area contributed by atoms with E-state index in [0.29, 0.717) is 11.7 Å². The third kappa shape index (κ3) is 1.79. The number of ether oxygens (including phenoxy) is 1. The minimum Gasteiger partial charge on any atom is -0.508 e. The van der Waals surface area contributed by atoms with E-state index < -0.39 is 0 Å². The Bertz CT molecular complexity index is 618. The van der Waals surface area contributed by atoms with Crippen molar-refractivity contribution in [3.8, 4) is 11.5 Å². The van der Waals surface area contributed by atoms with Crippen LogP contribution in [0.25, 0.3) is 0 Å². The maximum Gasteiger partial charge on any atom is 0.123 e. The maximum atomic E-state index is 9.53. The second kappa shape index (κ2) is 4.55. The number of fused-ring (bicyclic) bond motifs is 1. The van der Waals surface area contributed by atoms with Crippen LogP contribution in [0.2, 0.25) is 0 Å². The van der Waals surface area contributed by atoms with Gasteiger partial charge in [0.05, 0.1) is 6.10 Å². The molecule has 0 saturated heterocycles. The van der Waals surface area contributed by atoms with E-state index in [2.05, 4.69) is 32.9 Å². The zero-order chi connectivity index (χ0) is 14.3. The fraction of sp³-hybridized carbons (Fsp3) is 0.333. The molecule has 3 atom stereocenters. The standard InChI is InChI=1S/C18H20O2/c1-12-13(2)20-17-7-5-4-6-16(17)18(12,3)14-8-10-15(19)11-9-14/h4-13,19H,1-3H3. The van der Waals surface area contributed by atoms with Crippen molar-refractivity contribution in [2.45, 2.75) is 32.3 Å². The Kier molecular flexibility index (Phi) is 2.97. The van der Waals surface area contributed by atoms with Crippen molar-refractivity contribution in [3.05, 3.63) is 59.7 Å². The number of hydrogen-bond acceptors (Lipinski definition) is 2. The Labute approximate surface area is 120 Å². The van der Waals surface area contributed by atoms with Gasteiger partial charge in [0.2, 0.25) is 0 Å². The third-order valence-corrected chi connectivity index (χ3v) is 4.84. The molecule has 1 N–H and O–H groups in total. The number of hydrogen-bond donors (Lipinski definition) is 1. The zero-order valence-corrected chi connectivity index (χ0v) is 12.1. The molecule has 3 rings (SSSR count). The molecule has 0 spiro atoms. The molecule has 0 saturated carbocycles. The summed E-state index contributed by atoms with van der Waals surface area (Å²) in [5.74, 6) is 1.62. The lowest BCUT2D eigenvalue weighted by Gasteiger charge is -2.45. The first kappa shape index (κ1) is 13.0. The molecule has 0 fully saturated rings. The van der Waals surface area contributed by atoms with E-state index in [9.17, 15) is 5.11 Å². The molecule has 0 bridgehead atoms. The number of aromatic hydroxyl groups is 1. The van der Waals surface area contributed by atoms with Crippen LogP contribution >= 0.6 is 0 Å². The highest BCUT2D eigenvalue weighted by molar-refractivity contribution is 5.50. The van der Waals surface area contributed by atoms with Crippen molar-refractivity contribution in [2.75, 3.05) is 0 Å². The largest absolute Gasteiger partial charge is 0.508 e. The SMILES string of the molecule is CC1Oc2ccccc2C(C)(c2ccc(O)cc2)C1C. The Hall–Kier alpha value is -1.96. The molecule has 3 unspecified atom stereocenters. The lowest BCUT2D eigenvalue weighted by molar-refractivity contribution is 0.0940. The summed E-state index contributed by atoms with van der Waals surface area (Å²) in [7, 11) is 0. The van der Waals surface area contributed by atoms with Gasteiger partial charge in [-0.15, -0.1) is 0 Å². The van der Waals surface area contributed by atoms with Crippen LogP contribution in [-0.2, 0) is 5.41 Å². The molecule has 20 heavy (non-hydrogen) atoms. The number of phenols is 1. The monoisotopic (exact) mass is 268 g/mol. The highest BCUT2D eigenvalue weighted by Gasteiger charge is 2.43. The van der Waals surface area contributed by atoms with Crippen LogP contribution in [0.4, 0.5) is 0 Å². The van der Waals surface area contributed by atoms with Gasteiger partial charge in [0.15, 0.2) is 0 Å². The normalized spacial score (nSPS) is 28.6. The summed E-state index contributed by atoms with van der Waals surface area (Å²) in [4.78, 5) is 0. The van der Waals surface area contributed by atoms with Crippen LogP contribution in [0, 0.1) is 5.92 Å². The van der Waals surface area contributed by atoms with Crippen molar-refractivity contribution in [2.24, 2.45) is 5.92 Å². The summed E-state index contributed by atoms with van der Waals surface area (Å²) in [6, 6.07) is 15.8. The van der Waals surface area contributed by atoms with Crippen molar-refractivity contribution in [1.29, 1.82) is 0 Å². The van der Waals surface area contributed by atoms with Gasteiger partial charge in [0.25, 0.3) is 0 Å². The zero-order valence-electron chi connectivity index (χ0n) is 12.1. The van der Waals surface area contributed by atoms with Crippen molar-refractivity contribution in [3.63, 3.8) is 0 Å². The number of para-hydroxylation sites is 1. The van der Waals surface area contributed by atoms with Gasteiger partial charge in [0.1, 0.15) is 11.5 Å². The van der Waals surface area contributed by atoms with Crippen LogP contribution in [0.1, 0.15) is 31.9 Å². The highest BCUT2D eigenvalue weighted by atomic mass is 16.5. The summed E-state index contributed by atoms with van der Waals surface area (Å²) in [5.41, 5.74) is 2.32. The Balaban J connectivity index is 2.21. The number of benzene rings is 2. The quantitative estimate of drug-likeness (QED) is 0.843. The van der Waals surface area contributed by atoms with E-state index in [1.165, 1.54) is 11.1 Å². The molecule has 2 aromatic carbocycles. The van der Waals surface area contributed by atoms with E-state index >= 15 is 0 Å². The molecule has 2 aromatic rings. The van der Waals surface area contributed by atoms with Gasteiger partial charge in [-0.3, -0.25) is 0 Å². The molecule has 0 amide bonds. The van der Waals surface area contributed by atoms with E-state index in [4.69, 9.17) is 4.74 Å². The van der Waals surface area contributed by atoms with Crippen molar-refractivity contribution < 1.29 is 9.84 Å². The van der Waals surface area contributed by atoms with Gasteiger partial charge in [-0.25, -0.2) is 0 Å². The van der Waals surface area contributed by atoms with Gasteiger partial charge in [-0.1, -0.05) is 44.2 Å². The first-order chi connectivity index (χ1) is 9.53. The summed E-state index contributed by atoms with van der Waals surface area (Å²) >= 11 is 0. The first-order valence-electron chi connectivity index (χ1n) is 7.09. The number of phenolic OH excluding ortho intramolecular Hbond substituents is 1. The summed E-state index contributed by atoms with van der Waals surface area (Å²) < 4.78 is 6.04. The van der Waals surface area contributed by atoms with Crippen molar-refractivity contribution in [1.82, 2.24) is 0 Å². The first-order valence-corrected chi connectivity index (χ1v) is 7.09. The Morgan fingerprint density at radius 2 is 1.65 bits per heavy atom. The molecular formula is C18H20O2. The fourth-order valence-corrected chi connectivity index (χ4v) is 3.24. The molecule has 2 nitrogen and oxygen atoms in total. The molecular weight excluding hydrogens is 248 g/mol. The number of rotatable bonds is 1. The van der Waals surface area contributed by atoms with Gasteiger partial charge >= 0.3 is 0 Å². The molecule has 1 heterocycles. The average molecular weight is 268 g/mol. The van der Waals surface area contributed by atoms with E-state index in [-0.39, 0.29) is 11.5 Å². The minimum absolute atomic E-state index is 0.109. The molecule has 0 aromatic heterocycles. The van der Waals surface area contributed by atoms with Gasteiger partial charge in [-0.2, -0.15) is 0 Å². The molecule has 1 aliphatic heterocycles. The topological polar surface area (TPSA) is 29.5 Å². The lowest BCUT2D eigenvalue weighted by atomic mass is 9.64. The maximum absolute atomic E-state index is 9.53. The van der Waals surface area contributed by atoms with Gasteiger partial charge in [-0.05, 0) is 30.7 Å². The van der Waals surface area contributed by atoms with Crippen molar-refractivity contribution >= 4 is 0 Å². The summed E-state index contributed by atoms with van der Waals surface area (Å²) in [6.45, 7) is 6.62. The second-order valence-corrected chi connectivity index (χ2v) is 5.86. The molecule has 2 heteroatoms. The molecule has 104 valence electrons. The van der Waals surface area contributed by atoms with Crippen LogP contribution in [0.5, 0.6) is 11.5 Å². The van der Waals surface area contributed by atoms with Crippen LogP contribution in [0.3, 0.4) is 0 Å². The molecule has 1 aliphatic rings. The van der Waals surface area contributed by atoms with Crippen LogP contribution < -0.4 is 4.74 Å². The second-order valence-electron chi connectivity index (χ2n) is 5.86. The van der Waals surface area contributed by atoms with E-state index in [1.54, 1.807) is 12.1 Å². The van der Waals surface area contributed by atoms with Crippen LogP contribution in [0.15, 0.2) is 48.5 Å². The van der Waals surface area contributed by atoms with Crippen LogP contribution in [-0.4, -0.2) is 11.2 Å². The predicted molar refractivity (Wildman–Crippen MR) is 80.3 cm³/mol. The molecule has 0 radical (unpaired) electrons. The third-order valence-electron chi connectivity index (χ3n) is 4.84.